The standard InChI is InChI=1S/C12H13N3O3/c1-12(2)8-6(9(16)15-10(12)17)4-3-5-7(8)14-11(13)18/h3-5H,1-2H3,(H3,13,14,18)(H,15,16,17). The molecule has 0 fully saturated rings. The molecule has 94 valence electrons. The van der Waals surface area contributed by atoms with E-state index in [0.717, 1.165) is 0 Å². The van der Waals surface area contributed by atoms with Crippen molar-refractivity contribution in [3.05, 3.63) is 29.3 Å². The molecule has 1 aromatic rings. The lowest BCUT2D eigenvalue weighted by atomic mass is 9.77. The molecule has 1 heterocycles. The van der Waals surface area contributed by atoms with E-state index in [4.69, 9.17) is 5.73 Å². The molecule has 0 aliphatic carbocycles. The van der Waals surface area contributed by atoms with Gasteiger partial charge in [-0.15, -0.1) is 0 Å². The quantitative estimate of drug-likeness (QED) is 0.637. The summed E-state index contributed by atoms with van der Waals surface area (Å²) in [4.78, 5) is 34.6. The number of urea groups is 1. The smallest absolute Gasteiger partial charge is 0.316 e. The van der Waals surface area contributed by atoms with Crippen LogP contribution >= 0.6 is 0 Å². The third kappa shape index (κ3) is 1.71. The van der Waals surface area contributed by atoms with E-state index in [1.165, 1.54) is 0 Å². The first-order chi connectivity index (χ1) is 8.34. The number of hydrogen-bond donors (Lipinski definition) is 3. The van der Waals surface area contributed by atoms with Crippen LogP contribution < -0.4 is 16.4 Å². The summed E-state index contributed by atoms with van der Waals surface area (Å²) >= 11 is 0. The summed E-state index contributed by atoms with van der Waals surface area (Å²) in [5.74, 6) is -0.874. The van der Waals surface area contributed by atoms with Gasteiger partial charge in [-0.2, -0.15) is 0 Å². The van der Waals surface area contributed by atoms with Crippen LogP contribution in [-0.2, 0) is 10.2 Å². The number of anilines is 1. The van der Waals surface area contributed by atoms with E-state index < -0.39 is 23.3 Å². The number of carbonyl (C=O) groups excluding carboxylic acids is 3. The SMILES string of the molecule is CC1(C)C(=O)NC(=O)c2cccc(NC(N)=O)c21. The highest BCUT2D eigenvalue weighted by Crippen LogP contribution is 2.36. The summed E-state index contributed by atoms with van der Waals surface area (Å²) in [5, 5.41) is 4.72. The van der Waals surface area contributed by atoms with Crippen LogP contribution in [0.3, 0.4) is 0 Å². The predicted molar refractivity (Wildman–Crippen MR) is 65.1 cm³/mol. The number of nitrogens with two attached hydrogens (primary N) is 1. The number of imide groups is 1. The minimum Gasteiger partial charge on any atom is -0.351 e. The first kappa shape index (κ1) is 12.1. The second-order valence-corrected chi connectivity index (χ2v) is 4.63. The predicted octanol–water partition coefficient (Wildman–Crippen LogP) is 0.725. The van der Waals surface area contributed by atoms with E-state index in [0.29, 0.717) is 16.8 Å². The van der Waals surface area contributed by atoms with Crippen molar-refractivity contribution in [3.8, 4) is 0 Å². The highest BCUT2D eigenvalue weighted by molar-refractivity contribution is 6.14. The maximum Gasteiger partial charge on any atom is 0.316 e. The van der Waals surface area contributed by atoms with Gasteiger partial charge < -0.3 is 11.1 Å². The van der Waals surface area contributed by atoms with E-state index in [1.54, 1.807) is 32.0 Å². The highest BCUT2D eigenvalue weighted by Gasteiger charge is 2.40. The molecule has 6 nitrogen and oxygen atoms in total. The Hall–Kier alpha value is -2.37. The molecular weight excluding hydrogens is 234 g/mol. The van der Waals surface area contributed by atoms with Crippen LogP contribution in [0.15, 0.2) is 18.2 Å². The van der Waals surface area contributed by atoms with Crippen LogP contribution in [0, 0.1) is 0 Å². The molecule has 1 aliphatic rings. The van der Waals surface area contributed by atoms with Gasteiger partial charge in [0.15, 0.2) is 0 Å². The first-order valence-electron chi connectivity index (χ1n) is 5.40. The molecular formula is C12H13N3O3. The van der Waals surface area contributed by atoms with Crippen molar-refractivity contribution >= 4 is 23.5 Å². The number of hydrogen-bond acceptors (Lipinski definition) is 3. The Labute approximate surface area is 104 Å². The van der Waals surface area contributed by atoms with Gasteiger partial charge in [0.25, 0.3) is 5.91 Å². The Balaban J connectivity index is 2.68. The van der Waals surface area contributed by atoms with Gasteiger partial charge >= 0.3 is 6.03 Å². The van der Waals surface area contributed by atoms with Crippen LogP contribution in [0.5, 0.6) is 0 Å². The van der Waals surface area contributed by atoms with Gasteiger partial charge in [-0.05, 0) is 26.0 Å². The number of benzene rings is 1. The summed E-state index contributed by atoms with van der Waals surface area (Å²) in [7, 11) is 0. The van der Waals surface area contributed by atoms with Crippen LogP contribution in [0.1, 0.15) is 29.8 Å². The summed E-state index contributed by atoms with van der Waals surface area (Å²) in [6.07, 6.45) is 0. The van der Waals surface area contributed by atoms with Gasteiger partial charge in [0.1, 0.15) is 0 Å². The number of nitrogens with one attached hydrogen (secondary N) is 2. The van der Waals surface area contributed by atoms with Crippen molar-refractivity contribution < 1.29 is 14.4 Å². The maximum atomic E-state index is 11.9. The van der Waals surface area contributed by atoms with Gasteiger partial charge in [-0.3, -0.25) is 14.9 Å². The van der Waals surface area contributed by atoms with Crippen LogP contribution in [0.25, 0.3) is 0 Å². The van der Waals surface area contributed by atoms with Crippen LogP contribution in [-0.4, -0.2) is 17.8 Å². The summed E-state index contributed by atoms with van der Waals surface area (Å²) in [6, 6.07) is 4.09. The molecule has 0 aromatic heterocycles. The van der Waals surface area contributed by atoms with E-state index in [1.807, 2.05) is 0 Å². The fourth-order valence-corrected chi connectivity index (χ4v) is 2.09. The van der Waals surface area contributed by atoms with Crippen molar-refractivity contribution in [1.29, 1.82) is 0 Å². The Morgan fingerprint density at radius 1 is 1.33 bits per heavy atom. The summed E-state index contributed by atoms with van der Waals surface area (Å²) < 4.78 is 0. The van der Waals surface area contributed by atoms with Gasteiger partial charge in [-0.1, -0.05) is 6.07 Å². The largest absolute Gasteiger partial charge is 0.351 e. The van der Waals surface area contributed by atoms with E-state index in [2.05, 4.69) is 10.6 Å². The monoisotopic (exact) mass is 247 g/mol. The molecule has 0 radical (unpaired) electrons. The molecule has 0 unspecified atom stereocenters. The molecule has 0 saturated heterocycles. The highest BCUT2D eigenvalue weighted by atomic mass is 16.2. The molecule has 0 saturated carbocycles. The molecule has 0 spiro atoms. The van der Waals surface area contributed by atoms with Crippen molar-refractivity contribution in [2.24, 2.45) is 5.73 Å². The van der Waals surface area contributed by atoms with E-state index >= 15 is 0 Å². The minimum atomic E-state index is -0.914. The number of rotatable bonds is 1. The molecule has 4 amide bonds. The second-order valence-electron chi connectivity index (χ2n) is 4.63. The third-order valence-corrected chi connectivity index (χ3v) is 2.99. The van der Waals surface area contributed by atoms with Gasteiger partial charge in [0, 0.05) is 16.8 Å². The normalized spacial score (nSPS) is 16.8. The van der Waals surface area contributed by atoms with Crippen molar-refractivity contribution in [2.75, 3.05) is 5.32 Å². The number of primary amides is 1. The number of amides is 4. The Morgan fingerprint density at radius 3 is 2.61 bits per heavy atom. The van der Waals surface area contributed by atoms with Gasteiger partial charge in [0.2, 0.25) is 5.91 Å². The number of fused-ring (bicyclic) bond motifs is 1. The Bertz CT molecular complexity index is 564. The molecule has 1 aromatic carbocycles. The summed E-state index contributed by atoms with van der Waals surface area (Å²) in [6.45, 7) is 3.36. The topological polar surface area (TPSA) is 101 Å². The van der Waals surface area contributed by atoms with Gasteiger partial charge in [0.05, 0.1) is 5.41 Å². The van der Waals surface area contributed by atoms with Crippen molar-refractivity contribution in [3.63, 3.8) is 0 Å². The van der Waals surface area contributed by atoms with Gasteiger partial charge in [-0.25, -0.2) is 4.79 Å². The Morgan fingerprint density at radius 2 is 2.00 bits per heavy atom. The zero-order chi connectivity index (χ0) is 13.5. The van der Waals surface area contributed by atoms with E-state index in [-0.39, 0.29) is 0 Å². The molecule has 0 atom stereocenters. The zero-order valence-corrected chi connectivity index (χ0v) is 10.0. The average Bonchev–Trinajstić information content (AvgIpc) is 2.25. The Kier molecular flexibility index (Phi) is 2.58. The molecule has 1 aliphatic heterocycles. The maximum absolute atomic E-state index is 11.9. The van der Waals surface area contributed by atoms with Crippen LogP contribution in [0.2, 0.25) is 0 Å². The number of carbonyl (C=O) groups is 3. The fraction of sp³-hybridized carbons (Fsp3) is 0.250. The zero-order valence-electron chi connectivity index (χ0n) is 10.0. The molecule has 4 N–H and O–H groups in total. The molecule has 6 heteroatoms. The van der Waals surface area contributed by atoms with E-state index in [9.17, 15) is 14.4 Å². The first-order valence-corrected chi connectivity index (χ1v) is 5.40. The average molecular weight is 247 g/mol. The van der Waals surface area contributed by atoms with Crippen molar-refractivity contribution in [1.82, 2.24) is 5.32 Å². The lowest BCUT2D eigenvalue weighted by Crippen LogP contribution is -2.49. The lowest BCUT2D eigenvalue weighted by Gasteiger charge is -2.32. The van der Waals surface area contributed by atoms with Crippen molar-refractivity contribution in [2.45, 2.75) is 19.3 Å². The second kappa shape index (κ2) is 3.83. The molecule has 18 heavy (non-hydrogen) atoms. The molecule has 0 bridgehead atoms. The fourth-order valence-electron chi connectivity index (χ4n) is 2.09. The third-order valence-electron chi connectivity index (χ3n) is 2.99. The minimum absolute atomic E-state index is 0.367. The lowest BCUT2D eigenvalue weighted by molar-refractivity contribution is -0.125. The summed E-state index contributed by atoms with van der Waals surface area (Å²) in [5.41, 5.74) is 5.40. The van der Waals surface area contributed by atoms with Crippen LogP contribution in [0.4, 0.5) is 10.5 Å². The molecule has 2 rings (SSSR count).